The van der Waals surface area contributed by atoms with E-state index in [0.717, 1.165) is 5.69 Å². The molecule has 0 saturated heterocycles. The van der Waals surface area contributed by atoms with Crippen molar-refractivity contribution in [3.8, 4) is 0 Å². The average Bonchev–Trinajstić information content (AvgIpc) is 2.33. The summed E-state index contributed by atoms with van der Waals surface area (Å²) in [6.45, 7) is 4.05. The average molecular weight is 260 g/mol. The first-order valence-electron chi connectivity index (χ1n) is 6.10. The zero-order valence-corrected chi connectivity index (χ0v) is 10.9. The van der Waals surface area contributed by atoms with Crippen LogP contribution in [0.1, 0.15) is 20.3 Å². The van der Waals surface area contributed by atoms with Gasteiger partial charge >= 0.3 is 0 Å². The quantitative estimate of drug-likeness (QED) is 0.670. The molecule has 0 amide bonds. The molecule has 1 atom stereocenters. The lowest BCUT2D eigenvalue weighted by Crippen LogP contribution is -2.38. The second-order valence-corrected chi connectivity index (χ2v) is 5.42. The topological polar surface area (TPSA) is 72.2 Å². The number of benzene rings is 1. The number of non-ortho nitro benzene ring substituents is 1. The highest BCUT2D eigenvalue weighted by molar-refractivity contribution is 5.91. The number of ketones is 1. The van der Waals surface area contributed by atoms with Crippen molar-refractivity contribution >= 4 is 17.2 Å². The predicted octanol–water partition coefficient (Wildman–Crippen LogP) is 2.93. The number of nitro groups is 1. The molecule has 1 unspecified atom stereocenters. The third-order valence-electron chi connectivity index (χ3n) is 3.35. The second kappa shape index (κ2) is 4.84. The number of allylic oxidation sites excluding steroid dienone is 1. The summed E-state index contributed by atoms with van der Waals surface area (Å²) >= 11 is 0. The van der Waals surface area contributed by atoms with Crippen molar-refractivity contribution < 1.29 is 9.72 Å². The Kier molecular flexibility index (Phi) is 3.38. The summed E-state index contributed by atoms with van der Waals surface area (Å²) in [7, 11) is 0. The van der Waals surface area contributed by atoms with Gasteiger partial charge in [0.1, 0.15) is 0 Å². The Labute approximate surface area is 111 Å². The molecule has 0 fully saturated rings. The number of rotatable bonds is 3. The van der Waals surface area contributed by atoms with Crippen LogP contribution in [-0.2, 0) is 4.79 Å². The monoisotopic (exact) mass is 260 g/mol. The Morgan fingerprint density at radius 2 is 1.95 bits per heavy atom. The number of nitrogens with one attached hydrogen (secondary N) is 1. The molecule has 0 spiro atoms. The van der Waals surface area contributed by atoms with E-state index in [4.69, 9.17) is 0 Å². The van der Waals surface area contributed by atoms with Crippen molar-refractivity contribution in [3.63, 3.8) is 0 Å². The maximum atomic E-state index is 11.4. The molecule has 0 aromatic heterocycles. The van der Waals surface area contributed by atoms with Crippen molar-refractivity contribution in [1.82, 2.24) is 0 Å². The summed E-state index contributed by atoms with van der Waals surface area (Å²) in [4.78, 5) is 21.6. The highest BCUT2D eigenvalue weighted by Crippen LogP contribution is 2.32. The Balaban J connectivity index is 2.14. The number of anilines is 1. The molecule has 5 heteroatoms. The van der Waals surface area contributed by atoms with Gasteiger partial charge in [-0.15, -0.1) is 0 Å². The molecule has 100 valence electrons. The number of nitrogens with zero attached hydrogens (tertiary/aromatic N) is 1. The summed E-state index contributed by atoms with van der Waals surface area (Å²) in [5, 5.41) is 13.9. The minimum Gasteiger partial charge on any atom is -0.378 e. The molecule has 1 aromatic carbocycles. The lowest BCUT2D eigenvalue weighted by Gasteiger charge is -2.35. The molecular formula is C14H16N2O3. The first kappa shape index (κ1) is 13.3. The standard InChI is InChI=1S/C14H16N2O3/c1-14(2)9-12(17)7-8-13(14)15-10-3-5-11(6-4-10)16(18)19/h3-8,13,15H,9H2,1-2H3. The number of nitro benzene ring substituents is 1. The Hall–Kier alpha value is -2.17. The van der Waals surface area contributed by atoms with E-state index in [0.29, 0.717) is 6.42 Å². The van der Waals surface area contributed by atoms with Gasteiger partial charge in [0.2, 0.25) is 0 Å². The molecule has 0 bridgehead atoms. The van der Waals surface area contributed by atoms with Gasteiger partial charge in [-0.3, -0.25) is 14.9 Å². The van der Waals surface area contributed by atoms with Crippen LogP contribution in [0, 0.1) is 15.5 Å². The first-order chi connectivity index (χ1) is 8.88. The second-order valence-electron chi connectivity index (χ2n) is 5.42. The van der Waals surface area contributed by atoms with Crippen LogP contribution in [0.25, 0.3) is 0 Å². The summed E-state index contributed by atoms with van der Waals surface area (Å²) in [5.41, 5.74) is 0.704. The summed E-state index contributed by atoms with van der Waals surface area (Å²) in [5.74, 6) is 0.131. The van der Waals surface area contributed by atoms with E-state index in [1.807, 2.05) is 19.9 Å². The number of carbonyl (C=O) groups excluding carboxylic acids is 1. The maximum Gasteiger partial charge on any atom is 0.269 e. The van der Waals surface area contributed by atoms with Gasteiger partial charge in [-0.2, -0.15) is 0 Å². The van der Waals surface area contributed by atoms with Crippen molar-refractivity contribution in [2.75, 3.05) is 5.32 Å². The minimum absolute atomic E-state index is 0.0339. The van der Waals surface area contributed by atoms with Gasteiger partial charge in [0, 0.05) is 24.2 Å². The van der Waals surface area contributed by atoms with Crippen molar-refractivity contribution in [3.05, 3.63) is 46.5 Å². The molecule has 19 heavy (non-hydrogen) atoms. The minimum atomic E-state index is -0.424. The molecule has 0 aliphatic heterocycles. The number of hydrogen-bond acceptors (Lipinski definition) is 4. The molecule has 1 N–H and O–H groups in total. The van der Waals surface area contributed by atoms with E-state index in [-0.39, 0.29) is 22.9 Å². The van der Waals surface area contributed by atoms with Crippen LogP contribution < -0.4 is 5.32 Å². The van der Waals surface area contributed by atoms with Gasteiger partial charge in [0.05, 0.1) is 11.0 Å². The van der Waals surface area contributed by atoms with Gasteiger partial charge < -0.3 is 5.32 Å². The molecule has 0 radical (unpaired) electrons. The molecule has 0 heterocycles. The SMILES string of the molecule is CC1(C)CC(=O)C=CC1Nc1ccc([N+](=O)[O-])cc1. The van der Waals surface area contributed by atoms with Crippen molar-refractivity contribution in [2.24, 2.45) is 5.41 Å². The third-order valence-corrected chi connectivity index (χ3v) is 3.35. The molecular weight excluding hydrogens is 244 g/mol. The highest BCUT2D eigenvalue weighted by Gasteiger charge is 2.32. The largest absolute Gasteiger partial charge is 0.378 e. The molecule has 2 rings (SSSR count). The van der Waals surface area contributed by atoms with E-state index >= 15 is 0 Å². The maximum absolute atomic E-state index is 11.4. The summed E-state index contributed by atoms with van der Waals surface area (Å²) in [6, 6.07) is 6.32. The van der Waals surface area contributed by atoms with E-state index < -0.39 is 4.92 Å². The fourth-order valence-electron chi connectivity index (χ4n) is 2.18. The zero-order chi connectivity index (χ0) is 14.0. The van der Waals surface area contributed by atoms with Crippen LogP contribution in [0.2, 0.25) is 0 Å². The fourth-order valence-corrected chi connectivity index (χ4v) is 2.18. The Morgan fingerprint density at radius 1 is 1.32 bits per heavy atom. The molecule has 1 aliphatic carbocycles. The zero-order valence-electron chi connectivity index (χ0n) is 10.9. The molecule has 1 aliphatic rings. The first-order valence-corrected chi connectivity index (χ1v) is 6.10. The fraction of sp³-hybridized carbons (Fsp3) is 0.357. The van der Waals surface area contributed by atoms with E-state index in [9.17, 15) is 14.9 Å². The lowest BCUT2D eigenvalue weighted by molar-refractivity contribution is -0.384. The summed E-state index contributed by atoms with van der Waals surface area (Å²) < 4.78 is 0. The van der Waals surface area contributed by atoms with Crippen molar-refractivity contribution in [1.29, 1.82) is 0 Å². The van der Waals surface area contributed by atoms with Crippen LogP contribution in [0.15, 0.2) is 36.4 Å². The Bertz CT molecular complexity index is 532. The predicted molar refractivity (Wildman–Crippen MR) is 73.1 cm³/mol. The van der Waals surface area contributed by atoms with E-state index in [1.54, 1.807) is 18.2 Å². The molecule has 5 nitrogen and oxygen atoms in total. The molecule has 0 saturated carbocycles. The number of hydrogen-bond donors (Lipinski definition) is 1. The van der Waals surface area contributed by atoms with Gasteiger partial charge in [-0.1, -0.05) is 19.9 Å². The van der Waals surface area contributed by atoms with Gasteiger partial charge in [0.15, 0.2) is 5.78 Å². The van der Waals surface area contributed by atoms with Crippen LogP contribution >= 0.6 is 0 Å². The number of carbonyl (C=O) groups is 1. The molecule has 1 aromatic rings. The van der Waals surface area contributed by atoms with E-state index in [2.05, 4.69) is 5.32 Å². The van der Waals surface area contributed by atoms with Crippen molar-refractivity contribution in [2.45, 2.75) is 26.3 Å². The van der Waals surface area contributed by atoms with Crippen LogP contribution in [-0.4, -0.2) is 16.7 Å². The summed E-state index contributed by atoms with van der Waals surface area (Å²) in [6.07, 6.45) is 3.94. The van der Waals surface area contributed by atoms with E-state index in [1.165, 1.54) is 12.1 Å². The smallest absolute Gasteiger partial charge is 0.269 e. The highest BCUT2D eigenvalue weighted by atomic mass is 16.6. The van der Waals surface area contributed by atoms with Gasteiger partial charge in [0.25, 0.3) is 5.69 Å². The lowest BCUT2D eigenvalue weighted by atomic mass is 9.76. The van der Waals surface area contributed by atoms with Gasteiger partial charge in [-0.25, -0.2) is 0 Å². The van der Waals surface area contributed by atoms with Gasteiger partial charge in [-0.05, 0) is 23.6 Å². The third kappa shape index (κ3) is 2.99. The van der Waals surface area contributed by atoms with Crippen LogP contribution in [0.3, 0.4) is 0 Å². The Morgan fingerprint density at radius 3 is 2.47 bits per heavy atom. The van der Waals surface area contributed by atoms with Crippen LogP contribution in [0.4, 0.5) is 11.4 Å². The van der Waals surface area contributed by atoms with Crippen LogP contribution in [0.5, 0.6) is 0 Å². The normalized spacial score (nSPS) is 21.2.